The summed E-state index contributed by atoms with van der Waals surface area (Å²) in [5, 5.41) is 4.35. The van der Waals surface area contributed by atoms with Crippen molar-refractivity contribution < 1.29 is 4.79 Å². The molecule has 0 radical (unpaired) electrons. The largest absolute Gasteiger partial charge is 0.343 e. The van der Waals surface area contributed by atoms with Crippen LogP contribution in [0.1, 0.15) is 24.8 Å². The van der Waals surface area contributed by atoms with Crippen LogP contribution in [0.25, 0.3) is 5.69 Å². The summed E-state index contributed by atoms with van der Waals surface area (Å²) in [4.78, 5) is 14.0. The van der Waals surface area contributed by atoms with E-state index in [4.69, 9.17) is 0 Å². The van der Waals surface area contributed by atoms with E-state index >= 15 is 0 Å². The van der Waals surface area contributed by atoms with Gasteiger partial charge < -0.3 is 4.90 Å². The fourth-order valence-electron chi connectivity index (χ4n) is 2.59. The Morgan fingerprint density at radius 2 is 1.90 bits per heavy atom. The van der Waals surface area contributed by atoms with Crippen LogP contribution in [-0.2, 0) is 11.2 Å². The molecule has 0 bridgehead atoms. The van der Waals surface area contributed by atoms with Gasteiger partial charge in [-0.3, -0.25) is 4.79 Å². The molecule has 1 aromatic heterocycles. The number of benzene rings is 1. The van der Waals surface area contributed by atoms with Crippen LogP contribution in [0.4, 0.5) is 0 Å². The van der Waals surface area contributed by atoms with Gasteiger partial charge in [-0.15, -0.1) is 0 Å². The molecular formula is C16H19N3O. The number of amides is 1. The monoisotopic (exact) mass is 269 g/mol. The first-order valence-electron chi connectivity index (χ1n) is 7.20. The molecule has 0 spiro atoms. The number of hydrogen-bond acceptors (Lipinski definition) is 2. The number of hydrogen-bond donors (Lipinski definition) is 0. The van der Waals surface area contributed by atoms with Crippen LogP contribution in [0.15, 0.2) is 42.7 Å². The van der Waals surface area contributed by atoms with Crippen molar-refractivity contribution in [2.75, 3.05) is 13.1 Å². The minimum atomic E-state index is 0.273. The van der Waals surface area contributed by atoms with E-state index in [1.165, 1.54) is 0 Å². The molecule has 2 heterocycles. The zero-order valence-electron chi connectivity index (χ0n) is 11.5. The van der Waals surface area contributed by atoms with Crippen molar-refractivity contribution in [2.24, 2.45) is 0 Å². The SMILES string of the molecule is O=C(CCc1cnn(-c2ccccc2)c1)N1CCCC1. The summed E-state index contributed by atoms with van der Waals surface area (Å²) in [6.45, 7) is 1.87. The van der Waals surface area contributed by atoms with E-state index in [-0.39, 0.29) is 5.91 Å². The first-order valence-corrected chi connectivity index (χ1v) is 7.20. The molecule has 0 atom stereocenters. The van der Waals surface area contributed by atoms with Gasteiger partial charge in [-0.05, 0) is 37.0 Å². The molecule has 1 aromatic carbocycles. The number of rotatable bonds is 4. The van der Waals surface area contributed by atoms with Gasteiger partial charge in [0.2, 0.25) is 5.91 Å². The Balaban J connectivity index is 1.59. The van der Waals surface area contributed by atoms with E-state index in [1.807, 2.05) is 52.3 Å². The molecule has 0 N–H and O–H groups in total. The molecule has 1 aliphatic rings. The average Bonchev–Trinajstić information content (AvgIpc) is 3.17. The summed E-state index contributed by atoms with van der Waals surface area (Å²) in [7, 11) is 0. The quantitative estimate of drug-likeness (QED) is 0.855. The van der Waals surface area contributed by atoms with Crippen molar-refractivity contribution in [3.63, 3.8) is 0 Å². The highest BCUT2D eigenvalue weighted by Gasteiger charge is 2.17. The van der Waals surface area contributed by atoms with E-state index in [0.717, 1.165) is 43.6 Å². The third-order valence-corrected chi connectivity index (χ3v) is 3.74. The Labute approximate surface area is 119 Å². The summed E-state index contributed by atoms with van der Waals surface area (Å²) in [6, 6.07) is 10.0. The van der Waals surface area contributed by atoms with Crippen LogP contribution in [0.2, 0.25) is 0 Å². The molecule has 1 aliphatic heterocycles. The van der Waals surface area contributed by atoms with E-state index < -0.39 is 0 Å². The number of carbonyl (C=O) groups is 1. The molecule has 1 amide bonds. The van der Waals surface area contributed by atoms with Gasteiger partial charge in [-0.1, -0.05) is 18.2 Å². The summed E-state index contributed by atoms with van der Waals surface area (Å²) in [6.07, 6.45) is 7.51. The van der Waals surface area contributed by atoms with Gasteiger partial charge in [0.25, 0.3) is 0 Å². The Kier molecular flexibility index (Phi) is 3.81. The van der Waals surface area contributed by atoms with Crippen LogP contribution in [0.3, 0.4) is 0 Å². The molecule has 4 heteroatoms. The lowest BCUT2D eigenvalue weighted by Gasteiger charge is -2.14. The molecule has 0 saturated carbocycles. The van der Waals surface area contributed by atoms with Gasteiger partial charge >= 0.3 is 0 Å². The van der Waals surface area contributed by atoms with Crippen LogP contribution in [0.5, 0.6) is 0 Å². The maximum atomic E-state index is 12.0. The first kappa shape index (κ1) is 12.9. The molecule has 0 unspecified atom stereocenters. The number of aryl methyl sites for hydroxylation is 1. The Morgan fingerprint density at radius 3 is 2.65 bits per heavy atom. The molecule has 1 fully saturated rings. The third-order valence-electron chi connectivity index (χ3n) is 3.74. The van der Waals surface area contributed by atoms with Crippen molar-refractivity contribution in [3.05, 3.63) is 48.3 Å². The van der Waals surface area contributed by atoms with Gasteiger partial charge in [0.15, 0.2) is 0 Å². The molecule has 104 valence electrons. The van der Waals surface area contributed by atoms with Crippen LogP contribution < -0.4 is 0 Å². The smallest absolute Gasteiger partial charge is 0.222 e. The van der Waals surface area contributed by atoms with Gasteiger partial charge in [-0.25, -0.2) is 4.68 Å². The fraction of sp³-hybridized carbons (Fsp3) is 0.375. The number of carbonyl (C=O) groups excluding carboxylic acids is 1. The maximum absolute atomic E-state index is 12.0. The first-order chi connectivity index (χ1) is 9.83. The molecule has 4 nitrogen and oxygen atoms in total. The lowest BCUT2D eigenvalue weighted by molar-refractivity contribution is -0.130. The standard InChI is InChI=1S/C16H19N3O/c20-16(18-10-4-5-11-18)9-8-14-12-17-19(13-14)15-6-2-1-3-7-15/h1-3,6-7,12-13H,4-5,8-11H2. The fourth-order valence-corrected chi connectivity index (χ4v) is 2.59. The number of aromatic nitrogens is 2. The van der Waals surface area contributed by atoms with Crippen LogP contribution in [-0.4, -0.2) is 33.7 Å². The maximum Gasteiger partial charge on any atom is 0.222 e. The highest BCUT2D eigenvalue weighted by molar-refractivity contribution is 5.76. The van der Waals surface area contributed by atoms with Gasteiger partial charge in [0.05, 0.1) is 11.9 Å². The lowest BCUT2D eigenvalue weighted by Crippen LogP contribution is -2.27. The zero-order chi connectivity index (χ0) is 13.8. The summed E-state index contributed by atoms with van der Waals surface area (Å²) in [5.74, 6) is 0.273. The third kappa shape index (κ3) is 2.90. The number of nitrogens with zero attached hydrogens (tertiary/aromatic N) is 3. The average molecular weight is 269 g/mol. The van der Waals surface area contributed by atoms with Crippen LogP contribution >= 0.6 is 0 Å². The summed E-state index contributed by atoms with van der Waals surface area (Å²) in [5.41, 5.74) is 2.16. The molecule has 2 aromatic rings. The number of likely N-dealkylation sites (tertiary alicyclic amines) is 1. The second-order valence-corrected chi connectivity index (χ2v) is 5.22. The van der Waals surface area contributed by atoms with Crippen molar-refractivity contribution in [1.82, 2.24) is 14.7 Å². The Bertz CT molecular complexity index is 570. The van der Waals surface area contributed by atoms with Crippen molar-refractivity contribution in [2.45, 2.75) is 25.7 Å². The lowest BCUT2D eigenvalue weighted by atomic mass is 10.2. The molecule has 1 saturated heterocycles. The summed E-state index contributed by atoms with van der Waals surface area (Å²) < 4.78 is 1.86. The highest BCUT2D eigenvalue weighted by Crippen LogP contribution is 2.12. The van der Waals surface area contributed by atoms with Crippen LogP contribution in [0, 0.1) is 0 Å². The Morgan fingerprint density at radius 1 is 1.15 bits per heavy atom. The normalized spacial score (nSPS) is 14.7. The molecule has 0 aliphatic carbocycles. The molecular weight excluding hydrogens is 250 g/mol. The van der Waals surface area contributed by atoms with Gasteiger partial charge in [0, 0.05) is 25.7 Å². The van der Waals surface area contributed by atoms with E-state index in [1.54, 1.807) is 0 Å². The minimum absolute atomic E-state index is 0.273. The highest BCUT2D eigenvalue weighted by atomic mass is 16.2. The minimum Gasteiger partial charge on any atom is -0.343 e. The Hall–Kier alpha value is -2.10. The number of para-hydroxylation sites is 1. The predicted molar refractivity (Wildman–Crippen MR) is 77.7 cm³/mol. The van der Waals surface area contributed by atoms with E-state index in [9.17, 15) is 4.79 Å². The zero-order valence-corrected chi connectivity index (χ0v) is 11.5. The van der Waals surface area contributed by atoms with Crippen molar-refractivity contribution >= 4 is 5.91 Å². The predicted octanol–water partition coefficient (Wildman–Crippen LogP) is 2.43. The molecule has 3 rings (SSSR count). The summed E-state index contributed by atoms with van der Waals surface area (Å²) >= 11 is 0. The molecule has 20 heavy (non-hydrogen) atoms. The van der Waals surface area contributed by atoms with Gasteiger partial charge in [0.1, 0.15) is 0 Å². The van der Waals surface area contributed by atoms with E-state index in [2.05, 4.69) is 5.10 Å². The second-order valence-electron chi connectivity index (χ2n) is 5.22. The van der Waals surface area contributed by atoms with Crippen molar-refractivity contribution in [1.29, 1.82) is 0 Å². The second kappa shape index (κ2) is 5.90. The van der Waals surface area contributed by atoms with Crippen molar-refractivity contribution in [3.8, 4) is 5.69 Å². The van der Waals surface area contributed by atoms with E-state index in [0.29, 0.717) is 6.42 Å². The topological polar surface area (TPSA) is 38.1 Å². The van der Waals surface area contributed by atoms with Gasteiger partial charge in [-0.2, -0.15) is 5.10 Å².